The van der Waals surface area contributed by atoms with Crippen LogP contribution >= 0.6 is 0 Å². The second kappa shape index (κ2) is 8.04. The van der Waals surface area contributed by atoms with Crippen LogP contribution in [-0.2, 0) is 0 Å². The number of carbonyl (C=O) groups is 1. The van der Waals surface area contributed by atoms with Gasteiger partial charge in [0.15, 0.2) is 17.0 Å². The highest BCUT2D eigenvalue weighted by Crippen LogP contribution is 2.29. The van der Waals surface area contributed by atoms with Crippen LogP contribution in [0.15, 0.2) is 81.8 Å². The average molecular weight is 440 g/mol. The van der Waals surface area contributed by atoms with Crippen LogP contribution in [0.4, 0.5) is 11.4 Å². The van der Waals surface area contributed by atoms with Crippen molar-refractivity contribution in [3.8, 4) is 22.8 Å². The molecule has 0 unspecified atom stereocenters. The maximum atomic E-state index is 12.7. The van der Waals surface area contributed by atoms with Gasteiger partial charge in [0.2, 0.25) is 5.89 Å². The van der Waals surface area contributed by atoms with E-state index in [-0.39, 0.29) is 11.4 Å². The smallest absolute Gasteiger partial charge is 0.291 e. The lowest BCUT2D eigenvalue weighted by Crippen LogP contribution is -2.11. The number of oxazole rings is 1. The summed E-state index contributed by atoms with van der Waals surface area (Å²) >= 11 is 0. The Morgan fingerprint density at radius 2 is 1.91 bits per heavy atom. The summed E-state index contributed by atoms with van der Waals surface area (Å²) in [5.74, 6) is 0.376. The van der Waals surface area contributed by atoms with E-state index < -0.39 is 10.8 Å². The Morgan fingerprint density at radius 3 is 2.73 bits per heavy atom. The summed E-state index contributed by atoms with van der Waals surface area (Å²) in [6, 6.07) is 18.1. The third-order valence-electron chi connectivity index (χ3n) is 5.06. The van der Waals surface area contributed by atoms with Gasteiger partial charge < -0.3 is 14.2 Å². The Balaban J connectivity index is 1.39. The number of amides is 1. The number of rotatable bonds is 5. The second-order valence-corrected chi connectivity index (χ2v) is 7.30. The number of aromatic nitrogens is 2. The van der Waals surface area contributed by atoms with Crippen molar-refractivity contribution < 1.29 is 18.6 Å². The summed E-state index contributed by atoms with van der Waals surface area (Å²) in [7, 11) is 0. The number of nitrogens with zero attached hydrogens (tertiary/aromatic N) is 3. The van der Waals surface area contributed by atoms with Crippen LogP contribution in [0, 0.1) is 17.0 Å². The number of non-ortho nitro benzene ring substituents is 1. The SMILES string of the molecule is Cc1ccc(NC(=O)c2ccc(-c3cccc([N+](=O)[O-])c3)o2)cc1-c1nc2ncccc2o1. The third kappa shape index (κ3) is 3.94. The fourth-order valence-corrected chi connectivity index (χ4v) is 3.39. The standard InChI is InChI=1S/C24H16N4O5/c1-14-7-8-16(13-18(14)24-27-22-20(33-24)6-3-11-25-22)26-23(29)21-10-9-19(32-21)15-4-2-5-17(12-15)28(30)31/h2-13H,1H3,(H,26,29). The van der Waals surface area contributed by atoms with Crippen molar-refractivity contribution >= 4 is 28.5 Å². The lowest BCUT2D eigenvalue weighted by atomic mass is 10.1. The van der Waals surface area contributed by atoms with Crippen LogP contribution in [0.1, 0.15) is 16.1 Å². The molecule has 0 spiro atoms. The van der Waals surface area contributed by atoms with Crippen molar-refractivity contribution in [1.82, 2.24) is 9.97 Å². The molecule has 2 aromatic carbocycles. The van der Waals surface area contributed by atoms with Crippen molar-refractivity contribution in [3.63, 3.8) is 0 Å². The number of nitro benzene ring substituents is 1. The first kappa shape index (κ1) is 20.1. The molecule has 0 atom stereocenters. The molecule has 0 aliphatic carbocycles. The second-order valence-electron chi connectivity index (χ2n) is 7.30. The first-order valence-corrected chi connectivity index (χ1v) is 9.96. The number of pyridine rings is 1. The van der Waals surface area contributed by atoms with Gasteiger partial charge in [0.25, 0.3) is 11.6 Å². The topological polar surface area (TPSA) is 124 Å². The molecule has 1 N–H and O–H groups in total. The predicted molar refractivity (Wildman–Crippen MR) is 121 cm³/mol. The van der Waals surface area contributed by atoms with Gasteiger partial charge in [-0.25, -0.2) is 4.98 Å². The van der Waals surface area contributed by atoms with E-state index in [1.54, 1.807) is 48.7 Å². The number of nitrogens with one attached hydrogen (secondary N) is 1. The highest BCUT2D eigenvalue weighted by atomic mass is 16.6. The monoisotopic (exact) mass is 440 g/mol. The summed E-state index contributed by atoms with van der Waals surface area (Å²) in [5, 5.41) is 13.8. The van der Waals surface area contributed by atoms with Gasteiger partial charge in [0.1, 0.15) is 5.76 Å². The highest BCUT2D eigenvalue weighted by molar-refractivity contribution is 6.03. The van der Waals surface area contributed by atoms with Crippen LogP contribution in [0.3, 0.4) is 0 Å². The molecule has 0 radical (unpaired) electrons. The van der Waals surface area contributed by atoms with Gasteiger partial charge in [-0.1, -0.05) is 18.2 Å². The number of furan rings is 1. The number of benzene rings is 2. The zero-order chi connectivity index (χ0) is 22.9. The number of fused-ring (bicyclic) bond motifs is 1. The molecule has 0 aliphatic rings. The Kier molecular flexibility index (Phi) is 4.91. The van der Waals surface area contributed by atoms with Crippen molar-refractivity contribution in [1.29, 1.82) is 0 Å². The summed E-state index contributed by atoms with van der Waals surface area (Å²) < 4.78 is 11.4. The average Bonchev–Trinajstić information content (AvgIpc) is 3.48. The normalized spacial score (nSPS) is 10.9. The van der Waals surface area contributed by atoms with Crippen LogP contribution in [0.5, 0.6) is 0 Å². The first-order valence-electron chi connectivity index (χ1n) is 9.96. The van der Waals surface area contributed by atoms with Gasteiger partial charge in [0, 0.05) is 35.1 Å². The van der Waals surface area contributed by atoms with Gasteiger partial charge >= 0.3 is 0 Å². The Bertz CT molecular complexity index is 1490. The third-order valence-corrected chi connectivity index (χ3v) is 5.06. The van der Waals surface area contributed by atoms with E-state index in [0.29, 0.717) is 34.1 Å². The predicted octanol–water partition coefficient (Wildman–Crippen LogP) is 5.62. The first-order chi connectivity index (χ1) is 16.0. The van der Waals surface area contributed by atoms with Crippen LogP contribution < -0.4 is 5.32 Å². The molecule has 0 bridgehead atoms. The Morgan fingerprint density at radius 1 is 1.03 bits per heavy atom. The van der Waals surface area contributed by atoms with E-state index >= 15 is 0 Å². The molecule has 9 nitrogen and oxygen atoms in total. The molecule has 5 rings (SSSR count). The molecule has 0 aliphatic heterocycles. The van der Waals surface area contributed by atoms with E-state index in [0.717, 1.165) is 11.1 Å². The summed E-state index contributed by atoms with van der Waals surface area (Å²) in [6.07, 6.45) is 1.64. The minimum atomic E-state index is -0.484. The number of nitro groups is 1. The molecule has 5 aromatic rings. The van der Waals surface area contributed by atoms with E-state index in [4.69, 9.17) is 8.83 Å². The van der Waals surface area contributed by atoms with Gasteiger partial charge in [-0.05, 0) is 48.9 Å². The van der Waals surface area contributed by atoms with Crippen molar-refractivity contribution in [3.05, 3.63) is 94.4 Å². The lowest BCUT2D eigenvalue weighted by molar-refractivity contribution is -0.384. The lowest BCUT2D eigenvalue weighted by Gasteiger charge is -2.07. The van der Waals surface area contributed by atoms with E-state index in [1.165, 1.54) is 18.2 Å². The minimum Gasteiger partial charge on any atom is -0.451 e. The maximum absolute atomic E-state index is 12.7. The fraction of sp³-hybridized carbons (Fsp3) is 0.0417. The number of anilines is 1. The number of hydrogen-bond acceptors (Lipinski definition) is 7. The van der Waals surface area contributed by atoms with Gasteiger partial charge in [-0.2, -0.15) is 4.98 Å². The van der Waals surface area contributed by atoms with E-state index in [1.807, 2.05) is 13.0 Å². The molecule has 0 saturated carbocycles. The summed E-state index contributed by atoms with van der Waals surface area (Å²) in [5.41, 5.74) is 3.70. The molecule has 3 aromatic heterocycles. The molecule has 1 amide bonds. The molecule has 162 valence electrons. The largest absolute Gasteiger partial charge is 0.451 e. The summed E-state index contributed by atoms with van der Waals surface area (Å²) in [4.78, 5) is 31.9. The minimum absolute atomic E-state index is 0.0588. The summed E-state index contributed by atoms with van der Waals surface area (Å²) in [6.45, 7) is 1.92. The van der Waals surface area contributed by atoms with Crippen molar-refractivity contribution in [2.45, 2.75) is 6.92 Å². The zero-order valence-electron chi connectivity index (χ0n) is 17.3. The molecular weight excluding hydrogens is 424 g/mol. The van der Waals surface area contributed by atoms with E-state index in [9.17, 15) is 14.9 Å². The zero-order valence-corrected chi connectivity index (χ0v) is 17.3. The van der Waals surface area contributed by atoms with Gasteiger partial charge in [-0.15, -0.1) is 0 Å². The highest BCUT2D eigenvalue weighted by Gasteiger charge is 2.16. The number of aryl methyl sites for hydroxylation is 1. The van der Waals surface area contributed by atoms with Gasteiger partial charge in [-0.3, -0.25) is 14.9 Å². The molecular formula is C24H16N4O5. The molecule has 33 heavy (non-hydrogen) atoms. The van der Waals surface area contributed by atoms with Crippen LogP contribution in [-0.4, -0.2) is 20.8 Å². The number of hydrogen-bond donors (Lipinski definition) is 1. The maximum Gasteiger partial charge on any atom is 0.291 e. The molecule has 0 saturated heterocycles. The Labute approximate surface area is 186 Å². The molecule has 3 heterocycles. The Hall–Kier alpha value is -4.79. The number of carbonyl (C=O) groups excluding carboxylic acids is 1. The van der Waals surface area contributed by atoms with Crippen LogP contribution in [0.25, 0.3) is 34.0 Å². The molecule has 0 fully saturated rings. The van der Waals surface area contributed by atoms with E-state index in [2.05, 4.69) is 15.3 Å². The van der Waals surface area contributed by atoms with Crippen molar-refractivity contribution in [2.24, 2.45) is 0 Å². The van der Waals surface area contributed by atoms with Crippen molar-refractivity contribution in [2.75, 3.05) is 5.32 Å². The van der Waals surface area contributed by atoms with Gasteiger partial charge in [0.05, 0.1) is 4.92 Å². The quantitative estimate of drug-likeness (QED) is 0.278. The molecule has 9 heteroatoms. The van der Waals surface area contributed by atoms with Crippen LogP contribution in [0.2, 0.25) is 0 Å². The fourth-order valence-electron chi connectivity index (χ4n) is 3.39.